The van der Waals surface area contributed by atoms with Gasteiger partial charge in [0.2, 0.25) is 5.91 Å². The van der Waals surface area contributed by atoms with Crippen molar-refractivity contribution in [2.75, 3.05) is 33.2 Å². The van der Waals surface area contributed by atoms with E-state index in [0.717, 1.165) is 19.0 Å². The average Bonchev–Trinajstić information content (AvgIpc) is 2.47. The molecule has 1 aliphatic heterocycles. The van der Waals surface area contributed by atoms with E-state index < -0.39 is 0 Å². The summed E-state index contributed by atoms with van der Waals surface area (Å²) in [5.74, 6) is 1.05. The lowest BCUT2D eigenvalue weighted by molar-refractivity contribution is -0.122. The minimum absolute atomic E-state index is 0.133. The fraction of sp³-hybridized carbons (Fsp3) is 0.933. The van der Waals surface area contributed by atoms with Crippen molar-refractivity contribution in [2.45, 2.75) is 51.0 Å². The molecule has 0 aromatic rings. The van der Waals surface area contributed by atoms with Crippen molar-refractivity contribution < 1.29 is 4.79 Å². The molecule has 1 heterocycles. The lowest BCUT2D eigenvalue weighted by Crippen LogP contribution is -2.46. The van der Waals surface area contributed by atoms with Crippen molar-refractivity contribution in [3.05, 3.63) is 0 Å². The number of nitrogens with zero attached hydrogens (tertiary/aromatic N) is 1. The maximum Gasteiger partial charge on any atom is 0.233 e. The van der Waals surface area contributed by atoms with Gasteiger partial charge in [0.1, 0.15) is 0 Å². The molecular formula is C15H29N3O. The first-order valence-electron chi connectivity index (χ1n) is 7.94. The zero-order chi connectivity index (χ0) is 13.5. The highest BCUT2D eigenvalue weighted by Gasteiger charge is 2.21. The average molecular weight is 267 g/mol. The van der Waals surface area contributed by atoms with Gasteiger partial charge in [-0.15, -0.1) is 0 Å². The Balaban J connectivity index is 1.59. The van der Waals surface area contributed by atoms with Gasteiger partial charge in [0, 0.05) is 26.2 Å². The molecule has 4 heteroatoms. The second-order valence-electron chi connectivity index (χ2n) is 6.14. The number of likely N-dealkylation sites (N-methyl/N-ethyl adjacent to an activating group) is 1. The number of hydrogen-bond donors (Lipinski definition) is 2. The number of nitrogens with one attached hydrogen (secondary N) is 2. The van der Waals surface area contributed by atoms with E-state index >= 15 is 0 Å². The quantitative estimate of drug-likeness (QED) is 0.791. The van der Waals surface area contributed by atoms with E-state index in [9.17, 15) is 4.79 Å². The molecule has 1 saturated carbocycles. The van der Waals surface area contributed by atoms with Gasteiger partial charge < -0.3 is 10.6 Å². The summed E-state index contributed by atoms with van der Waals surface area (Å²) in [5, 5.41) is 6.45. The number of carbonyl (C=O) groups is 1. The molecule has 2 aliphatic rings. The van der Waals surface area contributed by atoms with Gasteiger partial charge in [-0.05, 0) is 38.1 Å². The Morgan fingerprint density at radius 1 is 1.11 bits per heavy atom. The van der Waals surface area contributed by atoms with Gasteiger partial charge in [0.05, 0.1) is 6.54 Å². The summed E-state index contributed by atoms with van der Waals surface area (Å²) in [6.45, 7) is 3.87. The van der Waals surface area contributed by atoms with Crippen molar-refractivity contribution in [3.8, 4) is 0 Å². The second-order valence-corrected chi connectivity index (χ2v) is 6.14. The zero-order valence-corrected chi connectivity index (χ0v) is 12.3. The summed E-state index contributed by atoms with van der Waals surface area (Å²) in [7, 11) is 1.71. The largest absolute Gasteiger partial charge is 0.358 e. The van der Waals surface area contributed by atoms with Gasteiger partial charge in [0.25, 0.3) is 0 Å². The summed E-state index contributed by atoms with van der Waals surface area (Å²) in [5.41, 5.74) is 0. The molecular weight excluding hydrogens is 238 g/mol. The van der Waals surface area contributed by atoms with E-state index in [0.29, 0.717) is 12.6 Å². The number of carbonyl (C=O) groups excluding carboxylic acids is 1. The maximum absolute atomic E-state index is 11.3. The first-order valence-corrected chi connectivity index (χ1v) is 7.94. The topological polar surface area (TPSA) is 44.4 Å². The van der Waals surface area contributed by atoms with Crippen molar-refractivity contribution >= 4 is 5.91 Å². The van der Waals surface area contributed by atoms with Crippen LogP contribution in [0.25, 0.3) is 0 Å². The molecule has 0 atom stereocenters. The fourth-order valence-electron chi connectivity index (χ4n) is 3.30. The van der Waals surface area contributed by atoms with E-state index in [1.54, 1.807) is 7.05 Å². The summed E-state index contributed by atoms with van der Waals surface area (Å²) < 4.78 is 0. The third-order valence-electron chi connectivity index (χ3n) is 4.65. The van der Waals surface area contributed by atoms with E-state index in [1.807, 2.05) is 0 Å². The van der Waals surface area contributed by atoms with E-state index in [2.05, 4.69) is 15.5 Å². The molecule has 0 aromatic heterocycles. The molecule has 19 heavy (non-hydrogen) atoms. The third-order valence-corrected chi connectivity index (χ3v) is 4.65. The first kappa shape index (κ1) is 14.8. The standard InChI is InChI=1S/C15H29N3O/c1-16-15(19)12-18-9-7-14(8-10-18)17-11-13-5-3-2-4-6-13/h13-14,17H,2-12H2,1H3,(H,16,19). The summed E-state index contributed by atoms with van der Waals surface area (Å²) in [4.78, 5) is 13.6. The van der Waals surface area contributed by atoms with Crippen LogP contribution < -0.4 is 10.6 Å². The number of piperidine rings is 1. The molecule has 2 N–H and O–H groups in total. The van der Waals surface area contributed by atoms with Crippen molar-refractivity contribution in [1.29, 1.82) is 0 Å². The van der Waals surface area contributed by atoms with Crippen LogP contribution in [0.5, 0.6) is 0 Å². The molecule has 110 valence electrons. The van der Waals surface area contributed by atoms with Crippen LogP contribution in [0.3, 0.4) is 0 Å². The van der Waals surface area contributed by atoms with Crippen LogP contribution in [0.15, 0.2) is 0 Å². The van der Waals surface area contributed by atoms with E-state index in [1.165, 1.54) is 51.5 Å². The lowest BCUT2D eigenvalue weighted by atomic mass is 9.89. The number of amides is 1. The Morgan fingerprint density at radius 2 is 1.79 bits per heavy atom. The van der Waals surface area contributed by atoms with E-state index in [4.69, 9.17) is 0 Å². The lowest BCUT2D eigenvalue weighted by Gasteiger charge is -2.33. The molecule has 0 bridgehead atoms. The van der Waals surface area contributed by atoms with Crippen LogP contribution in [-0.2, 0) is 4.79 Å². The van der Waals surface area contributed by atoms with Crippen molar-refractivity contribution in [1.82, 2.24) is 15.5 Å². The van der Waals surface area contributed by atoms with Gasteiger partial charge in [0.15, 0.2) is 0 Å². The molecule has 1 aliphatic carbocycles. The smallest absolute Gasteiger partial charge is 0.233 e. The van der Waals surface area contributed by atoms with Crippen LogP contribution in [0.1, 0.15) is 44.9 Å². The Morgan fingerprint density at radius 3 is 2.42 bits per heavy atom. The second kappa shape index (κ2) is 7.85. The molecule has 2 rings (SSSR count). The molecule has 1 amide bonds. The summed E-state index contributed by atoms with van der Waals surface area (Å²) in [6.07, 6.45) is 9.50. The number of rotatable bonds is 5. The molecule has 2 fully saturated rings. The highest BCUT2D eigenvalue weighted by Crippen LogP contribution is 2.23. The van der Waals surface area contributed by atoms with Gasteiger partial charge in [-0.2, -0.15) is 0 Å². The Hall–Kier alpha value is -0.610. The van der Waals surface area contributed by atoms with Crippen LogP contribution in [-0.4, -0.2) is 50.1 Å². The first-order chi connectivity index (χ1) is 9.28. The normalized spacial score (nSPS) is 23.4. The summed E-state index contributed by atoms with van der Waals surface area (Å²) in [6, 6.07) is 0.669. The fourth-order valence-corrected chi connectivity index (χ4v) is 3.30. The molecule has 1 saturated heterocycles. The van der Waals surface area contributed by atoms with Crippen molar-refractivity contribution in [3.63, 3.8) is 0 Å². The number of hydrogen-bond acceptors (Lipinski definition) is 3. The van der Waals surface area contributed by atoms with Crippen LogP contribution in [0.4, 0.5) is 0 Å². The minimum Gasteiger partial charge on any atom is -0.358 e. The third kappa shape index (κ3) is 5.11. The van der Waals surface area contributed by atoms with Crippen LogP contribution in [0, 0.1) is 5.92 Å². The number of likely N-dealkylation sites (tertiary alicyclic amines) is 1. The van der Waals surface area contributed by atoms with E-state index in [-0.39, 0.29) is 5.91 Å². The minimum atomic E-state index is 0.133. The van der Waals surface area contributed by atoms with Crippen LogP contribution in [0.2, 0.25) is 0 Å². The highest BCUT2D eigenvalue weighted by atomic mass is 16.1. The zero-order valence-electron chi connectivity index (χ0n) is 12.3. The molecule has 0 spiro atoms. The predicted molar refractivity (Wildman–Crippen MR) is 78.1 cm³/mol. The highest BCUT2D eigenvalue weighted by molar-refractivity contribution is 5.77. The summed E-state index contributed by atoms with van der Waals surface area (Å²) >= 11 is 0. The predicted octanol–water partition coefficient (Wildman–Crippen LogP) is 1.37. The Labute approximate surface area is 117 Å². The SMILES string of the molecule is CNC(=O)CN1CCC(NCC2CCCCC2)CC1. The van der Waals surface area contributed by atoms with Crippen molar-refractivity contribution in [2.24, 2.45) is 5.92 Å². The molecule has 4 nitrogen and oxygen atoms in total. The Bertz CT molecular complexity index is 269. The van der Waals surface area contributed by atoms with Gasteiger partial charge >= 0.3 is 0 Å². The van der Waals surface area contributed by atoms with Gasteiger partial charge in [-0.25, -0.2) is 0 Å². The molecule has 0 aromatic carbocycles. The monoisotopic (exact) mass is 267 g/mol. The Kier molecular flexibility index (Phi) is 6.11. The van der Waals surface area contributed by atoms with Gasteiger partial charge in [-0.1, -0.05) is 19.3 Å². The van der Waals surface area contributed by atoms with Gasteiger partial charge in [-0.3, -0.25) is 9.69 Å². The maximum atomic E-state index is 11.3. The molecule has 0 radical (unpaired) electrons. The van der Waals surface area contributed by atoms with Crippen LogP contribution >= 0.6 is 0 Å². The molecule has 0 unspecified atom stereocenters.